The molecule has 2 aromatic carbocycles. The number of ether oxygens (including phenoxy) is 2. The molecule has 0 radical (unpaired) electrons. The standard InChI is InChI=1S/C26H36N4O4/c1-33-25-17-21(5-7-23(25)31)19-27-9-3-11-29-13-15-30(16-14-29)12-4-10-28-20-22-6-8-24(32)26(18-22)34-2/h5-8,17-20,31-32H,3-4,9-16H2,1-2H3/b27-19+,28-20+. The lowest BCUT2D eigenvalue weighted by Crippen LogP contribution is -2.46. The molecule has 0 spiro atoms. The van der Waals surface area contributed by atoms with Crippen molar-refractivity contribution >= 4 is 12.4 Å². The van der Waals surface area contributed by atoms with Crippen LogP contribution in [0.3, 0.4) is 0 Å². The highest BCUT2D eigenvalue weighted by molar-refractivity contribution is 5.81. The Hall–Kier alpha value is -3.10. The summed E-state index contributed by atoms with van der Waals surface area (Å²) in [6.45, 7) is 8.06. The summed E-state index contributed by atoms with van der Waals surface area (Å²) in [5.41, 5.74) is 1.85. The van der Waals surface area contributed by atoms with Gasteiger partial charge in [0.05, 0.1) is 14.2 Å². The number of aromatic hydroxyl groups is 2. The molecule has 1 aliphatic rings. The van der Waals surface area contributed by atoms with Crippen LogP contribution in [0.5, 0.6) is 23.0 Å². The molecule has 0 aromatic heterocycles. The summed E-state index contributed by atoms with van der Waals surface area (Å²) >= 11 is 0. The first-order chi connectivity index (χ1) is 16.6. The van der Waals surface area contributed by atoms with E-state index in [1.54, 1.807) is 38.5 Å². The number of piperazine rings is 1. The molecule has 8 heteroatoms. The van der Waals surface area contributed by atoms with Gasteiger partial charge in [0.25, 0.3) is 0 Å². The van der Waals surface area contributed by atoms with E-state index in [1.807, 2.05) is 24.6 Å². The van der Waals surface area contributed by atoms with Crippen molar-refractivity contribution in [2.24, 2.45) is 9.98 Å². The summed E-state index contributed by atoms with van der Waals surface area (Å²) in [6.07, 6.45) is 5.73. The highest BCUT2D eigenvalue weighted by Gasteiger charge is 2.15. The van der Waals surface area contributed by atoms with Gasteiger partial charge in [-0.2, -0.15) is 0 Å². The van der Waals surface area contributed by atoms with Gasteiger partial charge < -0.3 is 29.5 Å². The molecule has 0 bridgehead atoms. The Balaban J connectivity index is 1.26. The third-order valence-corrected chi connectivity index (χ3v) is 5.88. The van der Waals surface area contributed by atoms with Crippen LogP contribution in [0, 0.1) is 0 Å². The summed E-state index contributed by atoms with van der Waals surface area (Å²) in [6, 6.07) is 10.5. The Morgan fingerprint density at radius 1 is 0.735 bits per heavy atom. The number of benzene rings is 2. The third kappa shape index (κ3) is 8.04. The summed E-state index contributed by atoms with van der Waals surface area (Å²) in [5, 5.41) is 19.3. The van der Waals surface area contributed by atoms with E-state index < -0.39 is 0 Å². The van der Waals surface area contributed by atoms with E-state index in [-0.39, 0.29) is 11.5 Å². The van der Waals surface area contributed by atoms with Crippen LogP contribution in [-0.2, 0) is 0 Å². The Morgan fingerprint density at radius 2 is 1.15 bits per heavy atom. The number of phenolic OH excluding ortho intramolecular Hbond substituents is 2. The third-order valence-electron chi connectivity index (χ3n) is 5.88. The summed E-state index contributed by atoms with van der Waals surface area (Å²) in [5.74, 6) is 1.21. The lowest BCUT2D eigenvalue weighted by molar-refractivity contribution is 0.131. The molecule has 0 amide bonds. The Kier molecular flexibility index (Phi) is 10.2. The molecule has 0 saturated carbocycles. The first kappa shape index (κ1) is 25.5. The van der Waals surface area contributed by atoms with Crippen molar-refractivity contribution in [2.45, 2.75) is 12.8 Å². The van der Waals surface area contributed by atoms with Gasteiger partial charge in [-0.05, 0) is 73.5 Å². The fourth-order valence-electron chi connectivity index (χ4n) is 3.90. The number of rotatable bonds is 12. The zero-order valence-electron chi connectivity index (χ0n) is 20.2. The molecule has 34 heavy (non-hydrogen) atoms. The van der Waals surface area contributed by atoms with Crippen molar-refractivity contribution in [2.75, 3.05) is 66.6 Å². The van der Waals surface area contributed by atoms with Crippen LogP contribution in [0.1, 0.15) is 24.0 Å². The van der Waals surface area contributed by atoms with Gasteiger partial charge in [0.1, 0.15) is 0 Å². The van der Waals surface area contributed by atoms with Crippen molar-refractivity contribution in [3.8, 4) is 23.0 Å². The summed E-state index contributed by atoms with van der Waals surface area (Å²) in [4.78, 5) is 14.0. The second-order valence-electron chi connectivity index (χ2n) is 8.32. The SMILES string of the molecule is COc1cc(/C=N/CCCN2CCN(CCC/N=C/c3ccc(O)c(OC)c3)CC2)ccc1O. The van der Waals surface area contributed by atoms with Crippen LogP contribution in [0.25, 0.3) is 0 Å². The number of hydrogen-bond acceptors (Lipinski definition) is 8. The van der Waals surface area contributed by atoms with Gasteiger partial charge in [-0.1, -0.05) is 0 Å². The monoisotopic (exact) mass is 468 g/mol. The number of methoxy groups -OCH3 is 2. The number of phenols is 2. The van der Waals surface area contributed by atoms with Crippen molar-refractivity contribution in [1.82, 2.24) is 9.80 Å². The average molecular weight is 469 g/mol. The lowest BCUT2D eigenvalue weighted by atomic mass is 10.2. The quantitative estimate of drug-likeness (QED) is 0.368. The molecule has 0 aliphatic carbocycles. The van der Waals surface area contributed by atoms with Gasteiger partial charge in [0.2, 0.25) is 0 Å². The number of aliphatic imine (C=N–C) groups is 2. The Bertz CT molecular complexity index is 878. The van der Waals surface area contributed by atoms with Gasteiger partial charge in [0, 0.05) is 51.7 Å². The summed E-state index contributed by atoms with van der Waals surface area (Å²) in [7, 11) is 3.09. The second kappa shape index (κ2) is 13.6. The fraction of sp³-hybridized carbons (Fsp3) is 0.462. The first-order valence-corrected chi connectivity index (χ1v) is 11.8. The lowest BCUT2D eigenvalue weighted by Gasteiger charge is -2.34. The van der Waals surface area contributed by atoms with Crippen LogP contribution in [-0.4, -0.2) is 99.0 Å². The smallest absolute Gasteiger partial charge is 0.161 e. The Labute approximate surface area is 202 Å². The molecule has 8 nitrogen and oxygen atoms in total. The largest absolute Gasteiger partial charge is 0.504 e. The topological polar surface area (TPSA) is 90.1 Å². The van der Waals surface area contributed by atoms with Gasteiger partial charge in [-0.25, -0.2) is 0 Å². The molecule has 184 valence electrons. The van der Waals surface area contributed by atoms with Crippen LogP contribution in [0.4, 0.5) is 0 Å². The van der Waals surface area contributed by atoms with Gasteiger partial charge in [-0.15, -0.1) is 0 Å². The molecule has 3 rings (SSSR count). The maximum atomic E-state index is 9.65. The van der Waals surface area contributed by atoms with E-state index in [1.165, 1.54) is 0 Å². The van der Waals surface area contributed by atoms with Crippen molar-refractivity contribution in [3.05, 3.63) is 47.5 Å². The number of nitrogens with zero attached hydrogens (tertiary/aromatic N) is 4. The molecule has 2 N–H and O–H groups in total. The molecule has 1 fully saturated rings. The molecular formula is C26H36N4O4. The maximum Gasteiger partial charge on any atom is 0.161 e. The van der Waals surface area contributed by atoms with Gasteiger partial charge >= 0.3 is 0 Å². The Morgan fingerprint density at radius 3 is 1.53 bits per heavy atom. The predicted molar refractivity (Wildman–Crippen MR) is 136 cm³/mol. The van der Waals surface area contributed by atoms with Crippen LogP contribution < -0.4 is 9.47 Å². The molecule has 2 aromatic rings. The molecule has 0 unspecified atom stereocenters. The maximum absolute atomic E-state index is 9.65. The first-order valence-electron chi connectivity index (χ1n) is 11.8. The summed E-state index contributed by atoms with van der Waals surface area (Å²) < 4.78 is 10.3. The molecule has 1 heterocycles. The normalized spacial score (nSPS) is 15.4. The highest BCUT2D eigenvalue weighted by atomic mass is 16.5. The van der Waals surface area contributed by atoms with E-state index >= 15 is 0 Å². The minimum atomic E-state index is 0.140. The molecule has 0 atom stereocenters. The van der Waals surface area contributed by atoms with Crippen molar-refractivity contribution in [1.29, 1.82) is 0 Å². The van der Waals surface area contributed by atoms with E-state index in [0.717, 1.165) is 76.3 Å². The molecule has 1 aliphatic heterocycles. The molecule has 1 saturated heterocycles. The zero-order chi connectivity index (χ0) is 24.2. The van der Waals surface area contributed by atoms with E-state index in [4.69, 9.17) is 9.47 Å². The van der Waals surface area contributed by atoms with E-state index in [9.17, 15) is 10.2 Å². The van der Waals surface area contributed by atoms with E-state index in [2.05, 4.69) is 19.8 Å². The minimum Gasteiger partial charge on any atom is -0.504 e. The van der Waals surface area contributed by atoms with Gasteiger partial charge in [-0.3, -0.25) is 9.98 Å². The predicted octanol–water partition coefficient (Wildman–Crippen LogP) is 3.05. The number of hydrogen-bond donors (Lipinski definition) is 2. The second-order valence-corrected chi connectivity index (χ2v) is 8.32. The minimum absolute atomic E-state index is 0.140. The highest BCUT2D eigenvalue weighted by Crippen LogP contribution is 2.26. The van der Waals surface area contributed by atoms with Crippen LogP contribution >= 0.6 is 0 Å². The zero-order valence-corrected chi connectivity index (χ0v) is 20.2. The van der Waals surface area contributed by atoms with E-state index in [0.29, 0.717) is 11.5 Å². The van der Waals surface area contributed by atoms with Crippen LogP contribution in [0.2, 0.25) is 0 Å². The van der Waals surface area contributed by atoms with Crippen molar-refractivity contribution < 1.29 is 19.7 Å². The van der Waals surface area contributed by atoms with Crippen molar-refractivity contribution in [3.63, 3.8) is 0 Å². The van der Waals surface area contributed by atoms with Crippen LogP contribution in [0.15, 0.2) is 46.4 Å². The fourth-order valence-corrected chi connectivity index (χ4v) is 3.90. The average Bonchev–Trinajstić information content (AvgIpc) is 2.86. The molecular weight excluding hydrogens is 432 g/mol. The van der Waals surface area contributed by atoms with Gasteiger partial charge in [0.15, 0.2) is 23.0 Å².